The van der Waals surface area contributed by atoms with E-state index in [1.807, 2.05) is 45.0 Å². The number of hydrogen-bond donors (Lipinski definition) is 1. The summed E-state index contributed by atoms with van der Waals surface area (Å²) in [4.78, 5) is 12.1. The zero-order valence-electron chi connectivity index (χ0n) is 13.9. The highest BCUT2D eigenvalue weighted by Gasteiger charge is 2.22. The molecule has 1 unspecified atom stereocenters. The van der Waals surface area contributed by atoms with Crippen molar-refractivity contribution in [2.75, 3.05) is 7.11 Å². The van der Waals surface area contributed by atoms with Crippen molar-refractivity contribution in [3.63, 3.8) is 0 Å². The lowest BCUT2D eigenvalue weighted by Crippen LogP contribution is -2.44. The monoisotopic (exact) mass is 335 g/mol. The summed E-state index contributed by atoms with van der Waals surface area (Å²) in [5, 5.41) is 11.0. The third-order valence-electron chi connectivity index (χ3n) is 2.89. The Morgan fingerprint density at radius 1 is 1.30 bits per heavy atom. The van der Waals surface area contributed by atoms with Gasteiger partial charge >= 0.3 is 0 Å². The van der Waals surface area contributed by atoms with Gasteiger partial charge in [0.2, 0.25) is 5.91 Å². The molecule has 0 bridgehead atoms. The standard InChI is InChI=1S/C16H21N3O3S/c1-10(13(20)17-16(2,3)4)23-15-19-18-14(22-15)11-8-6-7-9-12(11)21-5/h6-10H,1-5H3,(H,17,20). The van der Waals surface area contributed by atoms with Gasteiger partial charge in [-0.15, -0.1) is 10.2 Å². The zero-order chi connectivity index (χ0) is 17.0. The molecule has 0 saturated carbocycles. The van der Waals surface area contributed by atoms with Gasteiger partial charge in [0.15, 0.2) is 0 Å². The molecule has 1 N–H and O–H groups in total. The molecular weight excluding hydrogens is 314 g/mol. The highest BCUT2D eigenvalue weighted by atomic mass is 32.2. The summed E-state index contributed by atoms with van der Waals surface area (Å²) in [6.45, 7) is 7.62. The lowest BCUT2D eigenvalue weighted by atomic mass is 10.1. The van der Waals surface area contributed by atoms with Crippen molar-refractivity contribution in [3.05, 3.63) is 24.3 Å². The first-order valence-corrected chi connectivity index (χ1v) is 8.13. The van der Waals surface area contributed by atoms with Gasteiger partial charge in [-0.05, 0) is 39.8 Å². The van der Waals surface area contributed by atoms with Crippen molar-refractivity contribution in [2.45, 2.75) is 43.7 Å². The van der Waals surface area contributed by atoms with E-state index in [1.165, 1.54) is 11.8 Å². The molecular formula is C16H21N3O3S. The minimum Gasteiger partial charge on any atom is -0.496 e. The van der Waals surface area contributed by atoms with Gasteiger partial charge in [0.05, 0.1) is 17.9 Å². The van der Waals surface area contributed by atoms with Crippen LogP contribution in [-0.4, -0.2) is 34.0 Å². The smallest absolute Gasteiger partial charge is 0.277 e. The average molecular weight is 335 g/mol. The molecule has 124 valence electrons. The third-order valence-corrected chi connectivity index (χ3v) is 3.82. The van der Waals surface area contributed by atoms with E-state index >= 15 is 0 Å². The molecule has 23 heavy (non-hydrogen) atoms. The summed E-state index contributed by atoms with van der Waals surface area (Å²) < 4.78 is 10.9. The Balaban J connectivity index is 2.09. The molecule has 0 saturated heterocycles. The molecule has 7 heteroatoms. The first kappa shape index (κ1) is 17.3. The van der Waals surface area contributed by atoms with Crippen molar-refractivity contribution < 1.29 is 13.9 Å². The van der Waals surface area contributed by atoms with Crippen LogP contribution in [0.1, 0.15) is 27.7 Å². The Bertz CT molecular complexity index is 679. The summed E-state index contributed by atoms with van der Waals surface area (Å²) in [5.41, 5.74) is 0.449. The van der Waals surface area contributed by atoms with Crippen LogP contribution < -0.4 is 10.1 Å². The Labute approximate surface area is 140 Å². The van der Waals surface area contributed by atoms with E-state index < -0.39 is 0 Å². The fourth-order valence-electron chi connectivity index (χ4n) is 1.86. The number of benzene rings is 1. The summed E-state index contributed by atoms with van der Waals surface area (Å²) in [6, 6.07) is 7.41. The highest BCUT2D eigenvalue weighted by Crippen LogP contribution is 2.31. The predicted octanol–water partition coefficient (Wildman–Crippen LogP) is 3.14. The van der Waals surface area contributed by atoms with Gasteiger partial charge in [0.25, 0.3) is 11.1 Å². The molecule has 0 fully saturated rings. The van der Waals surface area contributed by atoms with Crippen molar-refractivity contribution >= 4 is 17.7 Å². The summed E-state index contributed by atoms with van der Waals surface area (Å²) in [5.74, 6) is 0.958. The van der Waals surface area contributed by atoms with Gasteiger partial charge in [0.1, 0.15) is 5.75 Å². The molecule has 6 nitrogen and oxygen atoms in total. The molecule has 1 atom stereocenters. The second-order valence-corrected chi connectivity index (χ2v) is 7.36. The normalized spacial score (nSPS) is 12.7. The largest absolute Gasteiger partial charge is 0.496 e. The maximum atomic E-state index is 12.1. The number of carbonyl (C=O) groups excluding carboxylic acids is 1. The van der Waals surface area contributed by atoms with Crippen LogP contribution in [0, 0.1) is 0 Å². The van der Waals surface area contributed by atoms with Crippen LogP contribution in [0.15, 0.2) is 33.9 Å². The van der Waals surface area contributed by atoms with E-state index in [-0.39, 0.29) is 16.7 Å². The van der Waals surface area contributed by atoms with E-state index in [0.29, 0.717) is 16.9 Å². The molecule has 0 aliphatic rings. The van der Waals surface area contributed by atoms with Gasteiger partial charge in [-0.1, -0.05) is 23.9 Å². The maximum Gasteiger partial charge on any atom is 0.277 e. The van der Waals surface area contributed by atoms with Crippen LogP contribution in [0.2, 0.25) is 0 Å². The molecule has 0 spiro atoms. The number of nitrogens with zero attached hydrogens (tertiary/aromatic N) is 2. The summed E-state index contributed by atoms with van der Waals surface area (Å²) in [7, 11) is 1.59. The summed E-state index contributed by atoms with van der Waals surface area (Å²) >= 11 is 1.23. The molecule has 2 aromatic rings. The number of aromatic nitrogens is 2. The van der Waals surface area contributed by atoms with E-state index in [0.717, 1.165) is 5.56 Å². The number of carbonyl (C=O) groups is 1. The number of para-hydroxylation sites is 1. The molecule has 2 rings (SSSR count). The SMILES string of the molecule is COc1ccccc1-c1nnc(SC(C)C(=O)NC(C)(C)C)o1. The van der Waals surface area contributed by atoms with Gasteiger partial charge in [0, 0.05) is 5.54 Å². The van der Waals surface area contributed by atoms with Gasteiger partial charge in [-0.25, -0.2) is 0 Å². The minimum absolute atomic E-state index is 0.0699. The van der Waals surface area contributed by atoms with Crippen molar-refractivity contribution in [2.24, 2.45) is 0 Å². The average Bonchev–Trinajstić information content (AvgIpc) is 2.93. The molecule has 0 radical (unpaired) electrons. The molecule has 1 heterocycles. The van der Waals surface area contributed by atoms with Crippen LogP contribution in [0.25, 0.3) is 11.5 Å². The Morgan fingerprint density at radius 2 is 2.00 bits per heavy atom. The van der Waals surface area contributed by atoms with Crippen LogP contribution in [-0.2, 0) is 4.79 Å². The van der Waals surface area contributed by atoms with Crippen molar-refractivity contribution in [3.8, 4) is 17.2 Å². The van der Waals surface area contributed by atoms with Gasteiger partial charge in [-0.3, -0.25) is 4.79 Å². The first-order chi connectivity index (χ1) is 10.8. The van der Waals surface area contributed by atoms with Crippen LogP contribution in [0.3, 0.4) is 0 Å². The van der Waals surface area contributed by atoms with E-state index in [9.17, 15) is 4.79 Å². The zero-order valence-corrected chi connectivity index (χ0v) is 14.7. The quantitative estimate of drug-likeness (QED) is 0.846. The highest BCUT2D eigenvalue weighted by molar-refractivity contribution is 8.00. The number of amides is 1. The van der Waals surface area contributed by atoms with Crippen molar-refractivity contribution in [1.29, 1.82) is 0 Å². The van der Waals surface area contributed by atoms with Gasteiger partial charge < -0.3 is 14.5 Å². The number of thioether (sulfide) groups is 1. The number of ether oxygens (including phenoxy) is 1. The van der Waals surface area contributed by atoms with Crippen LogP contribution in [0.5, 0.6) is 5.75 Å². The van der Waals surface area contributed by atoms with Crippen LogP contribution in [0.4, 0.5) is 0 Å². The molecule has 0 aliphatic heterocycles. The minimum atomic E-state index is -0.333. The molecule has 1 amide bonds. The number of rotatable bonds is 5. The van der Waals surface area contributed by atoms with Gasteiger partial charge in [-0.2, -0.15) is 0 Å². The fourth-order valence-corrected chi connectivity index (χ4v) is 2.55. The van der Waals surface area contributed by atoms with Crippen LogP contribution >= 0.6 is 11.8 Å². The lowest BCUT2D eigenvalue weighted by molar-refractivity contribution is -0.121. The maximum absolute atomic E-state index is 12.1. The molecule has 1 aromatic carbocycles. The Hall–Kier alpha value is -2.02. The predicted molar refractivity (Wildman–Crippen MR) is 89.5 cm³/mol. The van der Waals surface area contributed by atoms with E-state index in [4.69, 9.17) is 9.15 Å². The number of nitrogens with one attached hydrogen (secondary N) is 1. The lowest BCUT2D eigenvalue weighted by Gasteiger charge is -2.22. The second kappa shape index (κ2) is 7.04. The van der Waals surface area contributed by atoms with E-state index in [1.54, 1.807) is 14.0 Å². The molecule has 1 aromatic heterocycles. The Kier molecular flexibility index (Phi) is 5.30. The molecule has 0 aliphatic carbocycles. The summed E-state index contributed by atoms with van der Waals surface area (Å²) in [6.07, 6.45) is 0. The Morgan fingerprint density at radius 3 is 2.65 bits per heavy atom. The first-order valence-electron chi connectivity index (χ1n) is 7.26. The topological polar surface area (TPSA) is 77.2 Å². The third kappa shape index (κ3) is 4.72. The number of hydrogen-bond acceptors (Lipinski definition) is 6. The number of methoxy groups -OCH3 is 1. The van der Waals surface area contributed by atoms with E-state index in [2.05, 4.69) is 15.5 Å². The second-order valence-electron chi connectivity index (χ2n) is 6.07. The van der Waals surface area contributed by atoms with Crippen molar-refractivity contribution in [1.82, 2.24) is 15.5 Å². The fraction of sp³-hybridized carbons (Fsp3) is 0.438.